The van der Waals surface area contributed by atoms with Crippen molar-refractivity contribution in [2.45, 2.75) is 36.7 Å². The number of hydrogen-bond acceptors (Lipinski definition) is 8. The van der Waals surface area contributed by atoms with Gasteiger partial charge in [-0.25, -0.2) is 8.42 Å². The van der Waals surface area contributed by atoms with Crippen molar-refractivity contribution in [3.05, 3.63) is 29.9 Å². The van der Waals surface area contributed by atoms with E-state index in [9.17, 15) is 13.5 Å². The Balaban J connectivity index is 1.63. The van der Waals surface area contributed by atoms with Gasteiger partial charge in [-0.15, -0.1) is 0 Å². The third-order valence-electron chi connectivity index (χ3n) is 4.72. The minimum Gasteiger partial charge on any atom is -0.486 e. The molecule has 1 aromatic carbocycles. The average molecular weight is 395 g/mol. The summed E-state index contributed by atoms with van der Waals surface area (Å²) in [6.45, 7) is 4.43. The molecule has 3 heterocycles. The van der Waals surface area contributed by atoms with Crippen LogP contribution in [0.2, 0.25) is 0 Å². The van der Waals surface area contributed by atoms with Crippen LogP contribution < -0.4 is 9.47 Å². The number of fused-ring (bicyclic) bond motifs is 1. The quantitative estimate of drug-likeness (QED) is 0.822. The molecule has 2 aromatic rings. The second kappa shape index (κ2) is 6.47. The van der Waals surface area contributed by atoms with Crippen LogP contribution in [0.5, 0.6) is 11.5 Å². The largest absolute Gasteiger partial charge is 0.486 e. The van der Waals surface area contributed by atoms with Crippen molar-refractivity contribution in [3.63, 3.8) is 0 Å². The van der Waals surface area contributed by atoms with E-state index in [0.717, 1.165) is 0 Å². The van der Waals surface area contributed by atoms with E-state index >= 15 is 0 Å². The molecule has 0 radical (unpaired) electrons. The Labute approximate surface area is 156 Å². The van der Waals surface area contributed by atoms with E-state index in [1.807, 2.05) is 13.8 Å². The number of sulfonamides is 1. The molecule has 1 aromatic heterocycles. The summed E-state index contributed by atoms with van der Waals surface area (Å²) >= 11 is 0. The molecule has 1 atom stereocenters. The Morgan fingerprint density at radius 3 is 2.78 bits per heavy atom. The van der Waals surface area contributed by atoms with Crippen molar-refractivity contribution in [1.29, 1.82) is 0 Å². The van der Waals surface area contributed by atoms with E-state index in [0.29, 0.717) is 18.2 Å². The number of para-hydroxylation sites is 1. The van der Waals surface area contributed by atoms with E-state index < -0.39 is 15.6 Å². The van der Waals surface area contributed by atoms with Crippen molar-refractivity contribution >= 4 is 10.0 Å². The number of aliphatic hydroxyl groups is 1. The fraction of sp³-hybridized carbons (Fsp3) is 0.529. The van der Waals surface area contributed by atoms with Gasteiger partial charge >= 0.3 is 0 Å². The van der Waals surface area contributed by atoms with Crippen molar-refractivity contribution in [3.8, 4) is 11.5 Å². The van der Waals surface area contributed by atoms with Gasteiger partial charge in [0.15, 0.2) is 22.9 Å². The highest BCUT2D eigenvalue weighted by Gasteiger charge is 2.47. The van der Waals surface area contributed by atoms with Gasteiger partial charge in [0.1, 0.15) is 18.1 Å². The predicted molar refractivity (Wildman–Crippen MR) is 93.1 cm³/mol. The third-order valence-corrected chi connectivity index (χ3v) is 6.59. The Bertz CT molecular complexity index is 957. The first-order valence-electron chi connectivity index (χ1n) is 8.76. The average Bonchev–Trinajstić information content (AvgIpc) is 3.29. The van der Waals surface area contributed by atoms with Crippen molar-refractivity contribution < 1.29 is 27.5 Å². The van der Waals surface area contributed by atoms with E-state index in [1.54, 1.807) is 12.1 Å². The predicted octanol–water partition coefficient (Wildman–Crippen LogP) is 1.25. The number of rotatable bonds is 4. The van der Waals surface area contributed by atoms with Crippen LogP contribution in [0.25, 0.3) is 0 Å². The van der Waals surface area contributed by atoms with E-state index in [2.05, 4.69) is 10.1 Å². The number of β-amino-alcohol motifs (C(OH)–C–C–N with tert-alkyl or cyclic N) is 1. The molecule has 10 heteroatoms. The number of nitrogens with zero attached hydrogens (tertiary/aromatic N) is 3. The second-order valence-corrected chi connectivity index (χ2v) is 8.92. The summed E-state index contributed by atoms with van der Waals surface area (Å²) in [6, 6.07) is 4.75. The van der Waals surface area contributed by atoms with Gasteiger partial charge < -0.3 is 19.1 Å². The first-order chi connectivity index (χ1) is 12.8. The molecular weight excluding hydrogens is 374 g/mol. The maximum atomic E-state index is 13.2. The first kappa shape index (κ1) is 18.2. The molecule has 4 rings (SSSR count). The summed E-state index contributed by atoms with van der Waals surface area (Å²) in [6.07, 6.45) is 0.165. The first-order valence-corrected chi connectivity index (χ1v) is 10.2. The Morgan fingerprint density at radius 2 is 2.04 bits per heavy atom. The minimum atomic E-state index is -3.89. The topological polar surface area (TPSA) is 115 Å². The van der Waals surface area contributed by atoms with Gasteiger partial charge in [0, 0.05) is 18.9 Å². The molecule has 1 fully saturated rings. The monoisotopic (exact) mass is 395 g/mol. The zero-order chi connectivity index (χ0) is 19.2. The fourth-order valence-electron chi connectivity index (χ4n) is 3.19. The number of ether oxygens (including phenoxy) is 2. The lowest BCUT2D eigenvalue weighted by Gasteiger charge is -2.24. The van der Waals surface area contributed by atoms with Gasteiger partial charge in [-0.3, -0.25) is 0 Å². The maximum absolute atomic E-state index is 13.2. The van der Waals surface area contributed by atoms with E-state index in [1.165, 1.54) is 10.4 Å². The molecule has 146 valence electrons. The molecule has 0 amide bonds. The summed E-state index contributed by atoms with van der Waals surface area (Å²) < 4.78 is 43.7. The molecule has 0 bridgehead atoms. The lowest BCUT2D eigenvalue weighted by atomic mass is 10.0. The second-order valence-electron chi connectivity index (χ2n) is 7.01. The van der Waals surface area contributed by atoms with Crippen LogP contribution in [0, 0.1) is 0 Å². The molecular formula is C17H21N3O6S. The Morgan fingerprint density at radius 1 is 1.26 bits per heavy atom. The van der Waals surface area contributed by atoms with Gasteiger partial charge in [0.05, 0.1) is 6.54 Å². The number of hydrogen-bond donors (Lipinski definition) is 1. The zero-order valence-electron chi connectivity index (χ0n) is 15.1. The van der Waals surface area contributed by atoms with E-state index in [-0.39, 0.29) is 48.6 Å². The van der Waals surface area contributed by atoms with Crippen LogP contribution in [-0.4, -0.2) is 54.3 Å². The van der Waals surface area contributed by atoms with Crippen molar-refractivity contribution in [1.82, 2.24) is 14.4 Å². The lowest BCUT2D eigenvalue weighted by molar-refractivity contribution is 0.0194. The van der Waals surface area contributed by atoms with Crippen LogP contribution in [-0.2, 0) is 15.6 Å². The molecule has 2 aliphatic rings. The number of benzene rings is 1. The molecule has 0 unspecified atom stereocenters. The normalized spacial score (nSPS) is 23.1. The van der Waals surface area contributed by atoms with Crippen LogP contribution in [0.15, 0.2) is 27.6 Å². The summed E-state index contributed by atoms with van der Waals surface area (Å²) in [5, 5.41) is 14.8. The van der Waals surface area contributed by atoms with Gasteiger partial charge in [-0.2, -0.15) is 9.29 Å². The molecule has 1 N–H and O–H groups in total. The minimum absolute atomic E-state index is 0.0253. The molecule has 0 aliphatic carbocycles. The highest BCUT2D eigenvalue weighted by Crippen LogP contribution is 2.40. The van der Waals surface area contributed by atoms with Crippen molar-refractivity contribution in [2.24, 2.45) is 0 Å². The number of aromatic nitrogens is 2. The molecule has 2 aliphatic heterocycles. The fourth-order valence-corrected chi connectivity index (χ4v) is 4.82. The zero-order valence-corrected chi connectivity index (χ0v) is 15.9. The maximum Gasteiger partial charge on any atom is 0.260 e. The van der Waals surface area contributed by atoms with Gasteiger partial charge in [0.2, 0.25) is 10.0 Å². The SMILES string of the molecule is CC(C)c1noc([C@]2(O)CCN(S(=O)(=O)c3cccc4c3OCCO4)C2)n1. The summed E-state index contributed by atoms with van der Waals surface area (Å²) in [7, 11) is -3.89. The molecule has 0 saturated carbocycles. The lowest BCUT2D eigenvalue weighted by Crippen LogP contribution is -2.35. The van der Waals surface area contributed by atoms with Crippen LogP contribution in [0.3, 0.4) is 0 Å². The Kier molecular flexibility index (Phi) is 4.36. The van der Waals surface area contributed by atoms with Crippen LogP contribution in [0.1, 0.15) is 37.9 Å². The summed E-state index contributed by atoms with van der Waals surface area (Å²) in [4.78, 5) is 4.25. The highest BCUT2D eigenvalue weighted by molar-refractivity contribution is 7.89. The molecule has 1 saturated heterocycles. The van der Waals surface area contributed by atoms with Gasteiger partial charge in [0.25, 0.3) is 5.89 Å². The molecule has 9 nitrogen and oxygen atoms in total. The molecule has 27 heavy (non-hydrogen) atoms. The van der Waals surface area contributed by atoms with E-state index in [4.69, 9.17) is 14.0 Å². The smallest absolute Gasteiger partial charge is 0.260 e. The summed E-state index contributed by atoms with van der Waals surface area (Å²) in [5.41, 5.74) is -1.51. The molecule has 0 spiro atoms. The van der Waals surface area contributed by atoms with Crippen molar-refractivity contribution in [2.75, 3.05) is 26.3 Å². The van der Waals surface area contributed by atoms with Gasteiger partial charge in [-0.05, 0) is 12.1 Å². The third kappa shape index (κ3) is 3.07. The standard InChI is InChI=1S/C17H21N3O6S/c1-11(2)15-18-16(26-19-15)17(21)6-7-20(10-17)27(22,23)13-5-3-4-12-14(13)25-9-8-24-12/h3-5,11,21H,6-10H2,1-2H3/t17-/m0/s1. The van der Waals surface area contributed by atoms with Crippen LogP contribution >= 0.6 is 0 Å². The summed E-state index contributed by atoms with van der Waals surface area (Å²) in [5.74, 6) is 1.16. The highest BCUT2D eigenvalue weighted by atomic mass is 32.2. The van der Waals surface area contributed by atoms with Crippen LogP contribution in [0.4, 0.5) is 0 Å². The van der Waals surface area contributed by atoms with Gasteiger partial charge in [-0.1, -0.05) is 25.1 Å². The Hall–Kier alpha value is -2.17.